The Hall–Kier alpha value is -2.97. The van der Waals surface area contributed by atoms with Crippen molar-refractivity contribution in [3.63, 3.8) is 0 Å². The van der Waals surface area contributed by atoms with Crippen LogP contribution in [0.15, 0.2) is 18.2 Å². The number of esters is 2. The summed E-state index contributed by atoms with van der Waals surface area (Å²) in [5.41, 5.74) is 0.419. The molecule has 0 aromatic heterocycles. The largest absolute Gasteiger partial charge is 0.493 e. The van der Waals surface area contributed by atoms with Gasteiger partial charge in [0.2, 0.25) is 6.04 Å². The van der Waals surface area contributed by atoms with Crippen molar-refractivity contribution in [2.24, 2.45) is 0 Å². The molecule has 1 fully saturated rings. The molecule has 0 bridgehead atoms. The second kappa shape index (κ2) is 11.1. The molecule has 0 aliphatic heterocycles. The van der Waals surface area contributed by atoms with Gasteiger partial charge in [0, 0.05) is 11.8 Å². The maximum Gasteiger partial charge on any atom is 0.340 e. The lowest BCUT2D eigenvalue weighted by Crippen LogP contribution is -2.49. The maximum atomic E-state index is 12.3. The topological polar surface area (TPSA) is 112 Å². The first-order valence-corrected chi connectivity index (χ1v) is 9.73. The molecule has 1 aromatic carbocycles. The minimum absolute atomic E-state index is 0.0678. The first-order chi connectivity index (χ1) is 14.0. The van der Waals surface area contributed by atoms with Crippen molar-refractivity contribution in [1.29, 1.82) is 0 Å². The molecule has 1 saturated carbocycles. The van der Waals surface area contributed by atoms with Gasteiger partial charge in [0.25, 0.3) is 0 Å². The van der Waals surface area contributed by atoms with Crippen molar-refractivity contribution in [3.05, 3.63) is 18.2 Å². The van der Waals surface area contributed by atoms with Crippen LogP contribution in [-0.2, 0) is 19.1 Å². The predicted molar refractivity (Wildman–Crippen MR) is 105 cm³/mol. The van der Waals surface area contributed by atoms with Gasteiger partial charge in [0.05, 0.1) is 26.4 Å². The Morgan fingerprint density at radius 1 is 1.03 bits per heavy atom. The van der Waals surface area contributed by atoms with Crippen LogP contribution in [0, 0.1) is 0 Å². The summed E-state index contributed by atoms with van der Waals surface area (Å²) in [5, 5.41) is 4.87. The van der Waals surface area contributed by atoms with Crippen LogP contribution in [0.2, 0.25) is 0 Å². The number of benzene rings is 1. The number of amides is 2. The average molecular weight is 408 g/mol. The van der Waals surface area contributed by atoms with E-state index in [1.54, 1.807) is 39.2 Å². The molecule has 0 spiro atoms. The Labute approximate surface area is 170 Å². The highest BCUT2D eigenvalue weighted by atomic mass is 16.6. The van der Waals surface area contributed by atoms with Gasteiger partial charge in [0.15, 0.2) is 11.5 Å². The Morgan fingerprint density at radius 3 is 2.21 bits per heavy atom. The molecule has 1 aliphatic carbocycles. The SMILES string of the molecule is CCOC(=O)C(NC(=O)Nc1ccc(OC)c(OC2CCCC2)c1)C(=O)OCC. The third kappa shape index (κ3) is 6.55. The number of carbonyl (C=O) groups excluding carboxylic acids is 3. The Balaban J connectivity index is 2.07. The number of ether oxygens (including phenoxy) is 4. The Kier molecular flexibility index (Phi) is 8.57. The molecule has 2 amide bonds. The number of hydrogen-bond donors (Lipinski definition) is 2. The molecule has 0 atom stereocenters. The summed E-state index contributed by atoms with van der Waals surface area (Å²) in [4.78, 5) is 36.3. The van der Waals surface area contributed by atoms with Gasteiger partial charge < -0.3 is 29.6 Å². The molecule has 0 radical (unpaired) electrons. The van der Waals surface area contributed by atoms with Gasteiger partial charge in [-0.3, -0.25) is 0 Å². The summed E-state index contributed by atoms with van der Waals surface area (Å²) in [7, 11) is 1.54. The van der Waals surface area contributed by atoms with Gasteiger partial charge >= 0.3 is 18.0 Å². The zero-order chi connectivity index (χ0) is 21.2. The molecule has 2 N–H and O–H groups in total. The van der Waals surface area contributed by atoms with Crippen molar-refractivity contribution < 1.29 is 33.3 Å². The molecule has 0 saturated heterocycles. The summed E-state index contributed by atoms with van der Waals surface area (Å²) >= 11 is 0. The Morgan fingerprint density at radius 2 is 1.66 bits per heavy atom. The predicted octanol–water partition coefficient (Wildman–Crippen LogP) is 2.63. The number of anilines is 1. The van der Waals surface area contributed by atoms with Crippen molar-refractivity contribution in [1.82, 2.24) is 5.32 Å². The molecular formula is C20H28N2O7. The number of nitrogens with one attached hydrogen (secondary N) is 2. The van der Waals surface area contributed by atoms with Gasteiger partial charge in [-0.1, -0.05) is 0 Å². The van der Waals surface area contributed by atoms with E-state index in [2.05, 4.69) is 10.6 Å². The first-order valence-electron chi connectivity index (χ1n) is 9.73. The molecule has 0 unspecified atom stereocenters. The van der Waals surface area contributed by atoms with Gasteiger partial charge in [-0.2, -0.15) is 0 Å². The van der Waals surface area contributed by atoms with E-state index in [4.69, 9.17) is 18.9 Å². The van der Waals surface area contributed by atoms with Crippen LogP contribution in [0.5, 0.6) is 11.5 Å². The highest BCUT2D eigenvalue weighted by Crippen LogP contribution is 2.33. The van der Waals surface area contributed by atoms with Crippen molar-refractivity contribution in [3.8, 4) is 11.5 Å². The number of methoxy groups -OCH3 is 1. The quantitative estimate of drug-likeness (QED) is 0.477. The van der Waals surface area contributed by atoms with Crippen LogP contribution >= 0.6 is 0 Å². The minimum Gasteiger partial charge on any atom is -0.493 e. The minimum atomic E-state index is -1.55. The number of hydrogen-bond acceptors (Lipinski definition) is 7. The van der Waals surface area contributed by atoms with Crippen molar-refractivity contribution in [2.75, 3.05) is 25.6 Å². The normalized spacial score (nSPS) is 13.7. The van der Waals surface area contributed by atoms with E-state index in [-0.39, 0.29) is 19.3 Å². The summed E-state index contributed by atoms with van der Waals surface area (Å²) in [6.45, 7) is 3.34. The molecule has 1 aromatic rings. The lowest BCUT2D eigenvalue weighted by Gasteiger charge is -2.18. The standard InChI is InChI=1S/C20H28N2O7/c1-4-27-18(23)17(19(24)28-5-2)22-20(25)21-13-10-11-15(26-3)16(12-13)29-14-8-6-7-9-14/h10-12,14,17H,4-9H2,1-3H3,(H2,21,22,25). The van der Waals surface area contributed by atoms with E-state index in [0.29, 0.717) is 17.2 Å². The molecule has 9 nitrogen and oxygen atoms in total. The van der Waals surface area contributed by atoms with Gasteiger partial charge in [0.1, 0.15) is 0 Å². The Bertz CT molecular complexity index is 699. The summed E-state index contributed by atoms with van der Waals surface area (Å²) in [6, 6.07) is 2.63. The lowest BCUT2D eigenvalue weighted by atomic mass is 10.2. The molecule has 0 heterocycles. The molecule has 2 rings (SSSR count). The highest BCUT2D eigenvalue weighted by Gasteiger charge is 2.31. The second-order valence-corrected chi connectivity index (χ2v) is 6.43. The van der Waals surface area contributed by atoms with Gasteiger partial charge in [-0.25, -0.2) is 14.4 Å². The van der Waals surface area contributed by atoms with Gasteiger partial charge in [-0.05, 0) is 51.7 Å². The lowest BCUT2D eigenvalue weighted by molar-refractivity contribution is -0.157. The number of carbonyl (C=O) groups is 3. The van der Waals surface area contributed by atoms with E-state index in [1.165, 1.54) is 0 Å². The summed E-state index contributed by atoms with van der Waals surface area (Å²) in [5.74, 6) is -0.703. The number of rotatable bonds is 9. The summed E-state index contributed by atoms with van der Waals surface area (Å²) < 4.78 is 21.0. The van der Waals surface area contributed by atoms with E-state index >= 15 is 0 Å². The second-order valence-electron chi connectivity index (χ2n) is 6.43. The van der Waals surface area contributed by atoms with Crippen LogP contribution < -0.4 is 20.1 Å². The fourth-order valence-electron chi connectivity index (χ4n) is 3.00. The average Bonchev–Trinajstić information content (AvgIpc) is 3.19. The van der Waals surface area contributed by atoms with E-state index in [9.17, 15) is 14.4 Å². The molecule has 9 heteroatoms. The van der Waals surface area contributed by atoms with Gasteiger partial charge in [-0.15, -0.1) is 0 Å². The fourth-order valence-corrected chi connectivity index (χ4v) is 3.00. The smallest absolute Gasteiger partial charge is 0.340 e. The van der Waals surface area contributed by atoms with Crippen molar-refractivity contribution in [2.45, 2.75) is 51.7 Å². The highest BCUT2D eigenvalue weighted by molar-refractivity contribution is 6.04. The fraction of sp³-hybridized carbons (Fsp3) is 0.550. The zero-order valence-electron chi connectivity index (χ0n) is 17.0. The first kappa shape index (κ1) is 22.3. The molecular weight excluding hydrogens is 380 g/mol. The maximum absolute atomic E-state index is 12.3. The van der Waals surface area contributed by atoms with Crippen LogP contribution in [0.1, 0.15) is 39.5 Å². The van der Waals surface area contributed by atoms with Crippen LogP contribution in [0.3, 0.4) is 0 Å². The zero-order valence-corrected chi connectivity index (χ0v) is 17.0. The molecule has 29 heavy (non-hydrogen) atoms. The molecule has 160 valence electrons. The van der Waals surface area contributed by atoms with Crippen molar-refractivity contribution >= 4 is 23.7 Å². The monoisotopic (exact) mass is 408 g/mol. The third-order valence-electron chi connectivity index (χ3n) is 4.34. The van der Waals surface area contributed by atoms with Crippen LogP contribution in [0.4, 0.5) is 10.5 Å². The molecule has 1 aliphatic rings. The van der Waals surface area contributed by atoms with Crippen LogP contribution in [-0.4, -0.2) is 50.4 Å². The third-order valence-corrected chi connectivity index (χ3v) is 4.34. The van der Waals surface area contributed by atoms with Crippen LogP contribution in [0.25, 0.3) is 0 Å². The van der Waals surface area contributed by atoms with E-state index < -0.39 is 24.0 Å². The van der Waals surface area contributed by atoms with E-state index in [0.717, 1.165) is 25.7 Å². The van der Waals surface area contributed by atoms with E-state index in [1.807, 2.05) is 0 Å². The summed E-state index contributed by atoms with van der Waals surface area (Å²) in [6.07, 6.45) is 4.31. The number of urea groups is 1.